The van der Waals surface area contributed by atoms with Crippen molar-refractivity contribution < 1.29 is 4.79 Å². The lowest BCUT2D eigenvalue weighted by Crippen LogP contribution is -2.40. The third-order valence-electron chi connectivity index (χ3n) is 3.78. The molecule has 1 unspecified atom stereocenters. The fourth-order valence-corrected chi connectivity index (χ4v) is 3.07. The number of rotatable bonds is 2. The first-order chi connectivity index (χ1) is 8.87. The molecule has 1 amide bonds. The lowest BCUT2D eigenvalue weighted by atomic mass is 9.75. The maximum Gasteiger partial charge on any atom is 0.253 e. The summed E-state index contributed by atoms with van der Waals surface area (Å²) in [4.78, 5) is 12.2. The second-order valence-corrected chi connectivity index (χ2v) is 6.58. The Morgan fingerprint density at radius 1 is 1.47 bits per heavy atom. The molecule has 4 heteroatoms. The molecule has 1 atom stereocenters. The Kier molecular flexibility index (Phi) is 4.04. The molecule has 3 nitrogen and oxygen atoms in total. The number of benzene rings is 1. The molecule has 1 fully saturated rings. The van der Waals surface area contributed by atoms with Crippen LogP contribution >= 0.6 is 11.6 Å². The van der Waals surface area contributed by atoms with Crippen molar-refractivity contribution in [2.24, 2.45) is 5.41 Å². The maximum absolute atomic E-state index is 12.2. The highest BCUT2D eigenvalue weighted by Gasteiger charge is 2.29. The van der Waals surface area contributed by atoms with Crippen LogP contribution in [0.4, 0.5) is 5.69 Å². The quantitative estimate of drug-likeness (QED) is 0.813. The molecule has 1 aromatic carbocycles. The lowest BCUT2D eigenvalue weighted by molar-refractivity contribution is 0.0903. The predicted molar refractivity (Wildman–Crippen MR) is 79.4 cm³/mol. The monoisotopic (exact) mass is 280 g/mol. The molecule has 2 rings (SSSR count). The molecule has 1 aromatic rings. The van der Waals surface area contributed by atoms with Crippen LogP contribution in [0.25, 0.3) is 0 Å². The predicted octanol–water partition coefficient (Wildman–Crippen LogP) is 3.62. The Hall–Kier alpha value is -1.22. The second kappa shape index (κ2) is 5.41. The van der Waals surface area contributed by atoms with Crippen LogP contribution in [-0.4, -0.2) is 11.9 Å². The summed E-state index contributed by atoms with van der Waals surface area (Å²) in [5.74, 6) is -0.104. The zero-order valence-electron chi connectivity index (χ0n) is 11.5. The van der Waals surface area contributed by atoms with E-state index in [1.807, 2.05) is 0 Å². The zero-order valence-corrected chi connectivity index (χ0v) is 12.3. The van der Waals surface area contributed by atoms with Gasteiger partial charge in [0.25, 0.3) is 5.91 Å². The molecule has 1 aliphatic rings. The van der Waals surface area contributed by atoms with E-state index in [-0.39, 0.29) is 11.9 Å². The van der Waals surface area contributed by atoms with Gasteiger partial charge in [0, 0.05) is 11.7 Å². The largest absolute Gasteiger partial charge is 0.399 e. The number of nitrogen functional groups attached to an aromatic ring is 1. The van der Waals surface area contributed by atoms with E-state index >= 15 is 0 Å². The second-order valence-electron chi connectivity index (χ2n) is 6.17. The summed E-state index contributed by atoms with van der Waals surface area (Å²) < 4.78 is 0. The standard InChI is InChI=1S/C15H21ClN2O/c1-15(2)7-3-4-11(9-15)18-14(19)12-6-5-10(17)8-13(12)16/h5-6,8,11H,3-4,7,9,17H2,1-2H3,(H,18,19). The highest BCUT2D eigenvalue weighted by molar-refractivity contribution is 6.34. The molecule has 104 valence electrons. The van der Waals surface area contributed by atoms with Crippen LogP contribution < -0.4 is 11.1 Å². The van der Waals surface area contributed by atoms with Crippen LogP contribution in [0.3, 0.4) is 0 Å². The van der Waals surface area contributed by atoms with Crippen LogP contribution in [0.2, 0.25) is 5.02 Å². The average Bonchev–Trinajstić information content (AvgIpc) is 2.27. The van der Waals surface area contributed by atoms with Gasteiger partial charge >= 0.3 is 0 Å². The number of halogens is 1. The first-order valence-electron chi connectivity index (χ1n) is 6.73. The Morgan fingerprint density at radius 2 is 2.21 bits per heavy atom. The molecular formula is C15H21ClN2O. The maximum atomic E-state index is 12.2. The van der Waals surface area contributed by atoms with E-state index in [0.29, 0.717) is 21.7 Å². The zero-order chi connectivity index (χ0) is 14.0. The van der Waals surface area contributed by atoms with Crippen molar-refractivity contribution in [3.63, 3.8) is 0 Å². The van der Waals surface area contributed by atoms with Crippen LogP contribution in [-0.2, 0) is 0 Å². The third kappa shape index (κ3) is 3.63. The Bertz CT molecular complexity index is 485. The molecule has 0 heterocycles. The summed E-state index contributed by atoms with van der Waals surface area (Å²) in [7, 11) is 0. The minimum atomic E-state index is -0.104. The minimum Gasteiger partial charge on any atom is -0.399 e. The molecule has 0 spiro atoms. The van der Waals surface area contributed by atoms with Crippen LogP contribution in [0.1, 0.15) is 49.9 Å². The third-order valence-corrected chi connectivity index (χ3v) is 4.09. The first-order valence-corrected chi connectivity index (χ1v) is 7.11. The first kappa shape index (κ1) is 14.2. The van der Waals surface area contributed by atoms with Gasteiger partial charge in [-0.05, 0) is 42.9 Å². The average molecular weight is 281 g/mol. The van der Waals surface area contributed by atoms with E-state index in [4.69, 9.17) is 17.3 Å². The Balaban J connectivity index is 2.04. The van der Waals surface area contributed by atoms with Crippen molar-refractivity contribution >= 4 is 23.2 Å². The number of carbonyl (C=O) groups is 1. The van der Waals surface area contributed by atoms with Crippen molar-refractivity contribution in [1.82, 2.24) is 5.32 Å². The van der Waals surface area contributed by atoms with Crippen molar-refractivity contribution in [2.45, 2.75) is 45.6 Å². The van der Waals surface area contributed by atoms with E-state index in [1.54, 1.807) is 18.2 Å². The van der Waals surface area contributed by atoms with Crippen molar-refractivity contribution in [2.75, 3.05) is 5.73 Å². The smallest absolute Gasteiger partial charge is 0.253 e. The van der Waals surface area contributed by atoms with E-state index in [0.717, 1.165) is 19.3 Å². The fraction of sp³-hybridized carbons (Fsp3) is 0.533. The minimum absolute atomic E-state index is 0.104. The van der Waals surface area contributed by atoms with Crippen LogP contribution in [0, 0.1) is 5.41 Å². The topological polar surface area (TPSA) is 55.1 Å². The SMILES string of the molecule is CC1(C)CCCC(NC(=O)c2ccc(N)cc2Cl)C1. The van der Waals surface area contributed by atoms with Gasteiger partial charge in [-0.15, -0.1) is 0 Å². The molecule has 0 bridgehead atoms. The van der Waals surface area contributed by atoms with E-state index in [9.17, 15) is 4.79 Å². The molecule has 1 aliphatic carbocycles. The number of nitrogens with two attached hydrogens (primary N) is 1. The molecule has 0 saturated heterocycles. The lowest BCUT2D eigenvalue weighted by Gasteiger charge is -2.35. The molecular weight excluding hydrogens is 260 g/mol. The molecule has 1 saturated carbocycles. The van der Waals surface area contributed by atoms with Gasteiger partial charge in [0.05, 0.1) is 10.6 Å². The molecule has 0 radical (unpaired) electrons. The summed E-state index contributed by atoms with van der Waals surface area (Å²) in [5.41, 5.74) is 7.01. The van der Waals surface area contributed by atoms with Crippen LogP contribution in [0.5, 0.6) is 0 Å². The number of hydrogen-bond acceptors (Lipinski definition) is 2. The van der Waals surface area contributed by atoms with Gasteiger partial charge in [0.1, 0.15) is 0 Å². The summed E-state index contributed by atoms with van der Waals surface area (Å²) in [6, 6.07) is 5.23. The Morgan fingerprint density at radius 3 is 2.84 bits per heavy atom. The van der Waals surface area contributed by atoms with E-state index in [2.05, 4.69) is 19.2 Å². The summed E-state index contributed by atoms with van der Waals surface area (Å²) >= 11 is 6.06. The normalized spacial score (nSPS) is 21.9. The summed E-state index contributed by atoms with van der Waals surface area (Å²) in [6.45, 7) is 4.50. The molecule has 3 N–H and O–H groups in total. The van der Waals surface area contributed by atoms with Gasteiger partial charge < -0.3 is 11.1 Å². The van der Waals surface area contributed by atoms with Crippen molar-refractivity contribution in [3.05, 3.63) is 28.8 Å². The van der Waals surface area contributed by atoms with Crippen LogP contribution in [0.15, 0.2) is 18.2 Å². The van der Waals surface area contributed by atoms with Crippen molar-refractivity contribution in [1.29, 1.82) is 0 Å². The molecule has 0 aliphatic heterocycles. The number of nitrogens with one attached hydrogen (secondary N) is 1. The van der Waals surface area contributed by atoms with Gasteiger partial charge in [-0.2, -0.15) is 0 Å². The van der Waals surface area contributed by atoms with Gasteiger partial charge in [-0.25, -0.2) is 0 Å². The van der Waals surface area contributed by atoms with Gasteiger partial charge in [-0.1, -0.05) is 31.9 Å². The van der Waals surface area contributed by atoms with E-state index < -0.39 is 0 Å². The molecule has 19 heavy (non-hydrogen) atoms. The number of anilines is 1. The van der Waals surface area contributed by atoms with Gasteiger partial charge in [0.15, 0.2) is 0 Å². The van der Waals surface area contributed by atoms with E-state index in [1.165, 1.54) is 6.42 Å². The Labute approximate surface area is 119 Å². The number of carbonyl (C=O) groups excluding carboxylic acids is 1. The highest BCUT2D eigenvalue weighted by Crippen LogP contribution is 2.35. The van der Waals surface area contributed by atoms with Crippen molar-refractivity contribution in [3.8, 4) is 0 Å². The number of hydrogen-bond donors (Lipinski definition) is 2. The summed E-state index contributed by atoms with van der Waals surface area (Å²) in [6.07, 6.45) is 4.45. The molecule has 0 aromatic heterocycles. The summed E-state index contributed by atoms with van der Waals surface area (Å²) in [5, 5.41) is 3.50. The highest BCUT2D eigenvalue weighted by atomic mass is 35.5. The van der Waals surface area contributed by atoms with Gasteiger partial charge in [-0.3, -0.25) is 4.79 Å². The fourth-order valence-electron chi connectivity index (χ4n) is 2.80. The number of amides is 1. The van der Waals surface area contributed by atoms with Gasteiger partial charge in [0.2, 0.25) is 0 Å².